The number of aryl methyl sites for hydroxylation is 1. The Labute approximate surface area is 198 Å². The fourth-order valence-corrected chi connectivity index (χ4v) is 4.30. The van der Waals surface area contributed by atoms with Gasteiger partial charge in [0.05, 0.1) is 0 Å². The van der Waals surface area contributed by atoms with E-state index >= 15 is 0 Å². The van der Waals surface area contributed by atoms with Crippen LogP contribution in [0.3, 0.4) is 0 Å². The largest absolute Gasteiger partial charge is 0.486 e. The van der Waals surface area contributed by atoms with Crippen molar-refractivity contribution in [2.75, 3.05) is 36.5 Å². The predicted octanol–water partition coefficient (Wildman–Crippen LogP) is 4.85. The molecule has 5 rings (SSSR count). The quantitative estimate of drug-likeness (QED) is 0.595. The Morgan fingerprint density at radius 2 is 1.76 bits per heavy atom. The van der Waals surface area contributed by atoms with Crippen LogP contribution in [0.15, 0.2) is 66.7 Å². The molecule has 0 spiro atoms. The Morgan fingerprint density at radius 3 is 2.62 bits per heavy atom. The maximum atomic E-state index is 13.3. The third kappa shape index (κ3) is 4.55. The number of amides is 3. The zero-order chi connectivity index (χ0) is 23.5. The predicted molar refractivity (Wildman–Crippen MR) is 131 cm³/mol. The molecule has 7 heteroatoms. The van der Waals surface area contributed by atoms with Gasteiger partial charge in [-0.05, 0) is 54.8 Å². The number of nitrogens with zero attached hydrogens (tertiary/aromatic N) is 2. The van der Waals surface area contributed by atoms with Gasteiger partial charge in [-0.2, -0.15) is 0 Å². The molecule has 2 aliphatic rings. The monoisotopic (exact) mass is 457 g/mol. The molecular formula is C27H27N3O4. The van der Waals surface area contributed by atoms with E-state index < -0.39 is 0 Å². The van der Waals surface area contributed by atoms with Crippen molar-refractivity contribution in [1.29, 1.82) is 0 Å². The first kappa shape index (κ1) is 21.8. The van der Waals surface area contributed by atoms with Crippen molar-refractivity contribution in [3.8, 4) is 11.5 Å². The third-order valence-corrected chi connectivity index (χ3v) is 6.15. The number of anilines is 2. The molecule has 1 fully saturated rings. The standard InChI is InChI=1S/C27H27N3O4/c1-19-6-2-3-7-21(19)18-29-12-5-13-30(27(29)32)23-9-4-8-20(16-23)26(31)28-22-10-11-24-25(17-22)34-15-14-33-24/h2-4,6-11,16-17H,5,12-15,18H2,1H3,(H,28,31). The molecule has 3 amide bonds. The van der Waals surface area contributed by atoms with Crippen molar-refractivity contribution in [2.45, 2.75) is 19.9 Å². The van der Waals surface area contributed by atoms with E-state index in [9.17, 15) is 9.59 Å². The van der Waals surface area contributed by atoms with Gasteiger partial charge in [-0.15, -0.1) is 0 Å². The van der Waals surface area contributed by atoms with Crippen molar-refractivity contribution in [2.24, 2.45) is 0 Å². The average molecular weight is 458 g/mol. The van der Waals surface area contributed by atoms with Crippen molar-refractivity contribution in [3.05, 3.63) is 83.4 Å². The summed E-state index contributed by atoms with van der Waals surface area (Å²) in [6.45, 7) is 4.97. The SMILES string of the molecule is Cc1ccccc1CN1CCCN(c2cccc(C(=O)Nc3ccc4c(c3)OCCO4)c2)C1=O. The van der Waals surface area contributed by atoms with Crippen molar-refractivity contribution in [3.63, 3.8) is 0 Å². The van der Waals surface area contributed by atoms with Crippen LogP contribution in [0.1, 0.15) is 27.9 Å². The fourth-order valence-electron chi connectivity index (χ4n) is 4.30. The summed E-state index contributed by atoms with van der Waals surface area (Å²) < 4.78 is 11.1. The number of ether oxygens (including phenoxy) is 2. The first-order valence-corrected chi connectivity index (χ1v) is 11.5. The van der Waals surface area contributed by atoms with E-state index in [2.05, 4.69) is 24.4 Å². The van der Waals surface area contributed by atoms with Crippen LogP contribution < -0.4 is 19.7 Å². The normalized spacial score (nSPS) is 15.3. The molecule has 0 aliphatic carbocycles. The Balaban J connectivity index is 1.30. The van der Waals surface area contributed by atoms with Gasteiger partial charge < -0.3 is 19.7 Å². The van der Waals surface area contributed by atoms with Crippen LogP contribution in [-0.2, 0) is 6.54 Å². The zero-order valence-corrected chi connectivity index (χ0v) is 19.1. The van der Waals surface area contributed by atoms with Crippen molar-refractivity contribution in [1.82, 2.24) is 4.90 Å². The summed E-state index contributed by atoms with van der Waals surface area (Å²) in [4.78, 5) is 29.8. The molecule has 174 valence electrons. The first-order valence-electron chi connectivity index (χ1n) is 11.5. The summed E-state index contributed by atoms with van der Waals surface area (Å²) >= 11 is 0. The van der Waals surface area contributed by atoms with Gasteiger partial charge in [0.15, 0.2) is 11.5 Å². The summed E-state index contributed by atoms with van der Waals surface area (Å²) in [5.41, 5.74) is 4.14. The summed E-state index contributed by atoms with van der Waals surface area (Å²) in [5, 5.41) is 2.91. The smallest absolute Gasteiger partial charge is 0.324 e. The first-order chi connectivity index (χ1) is 16.6. The molecule has 3 aromatic rings. The maximum Gasteiger partial charge on any atom is 0.324 e. The number of rotatable bonds is 5. The van der Waals surface area contributed by atoms with Crippen LogP contribution >= 0.6 is 0 Å². The molecule has 34 heavy (non-hydrogen) atoms. The molecule has 0 bridgehead atoms. The Hall–Kier alpha value is -4.00. The molecule has 7 nitrogen and oxygen atoms in total. The minimum absolute atomic E-state index is 0.0427. The number of benzene rings is 3. The van der Waals surface area contributed by atoms with E-state index in [0.29, 0.717) is 61.3 Å². The number of hydrogen-bond acceptors (Lipinski definition) is 4. The minimum atomic E-state index is -0.250. The van der Waals surface area contributed by atoms with Crippen LogP contribution in [-0.4, -0.2) is 43.1 Å². The summed E-state index contributed by atoms with van der Waals surface area (Å²) in [6, 6.07) is 20.6. The second kappa shape index (κ2) is 9.47. The topological polar surface area (TPSA) is 71.1 Å². The van der Waals surface area contributed by atoms with Crippen molar-refractivity contribution < 1.29 is 19.1 Å². The van der Waals surface area contributed by atoms with E-state index in [0.717, 1.165) is 12.0 Å². The zero-order valence-electron chi connectivity index (χ0n) is 19.1. The van der Waals surface area contributed by atoms with Gasteiger partial charge in [-0.1, -0.05) is 30.3 Å². The minimum Gasteiger partial charge on any atom is -0.486 e. The highest BCUT2D eigenvalue weighted by atomic mass is 16.6. The molecule has 0 radical (unpaired) electrons. The average Bonchev–Trinajstić information content (AvgIpc) is 2.86. The molecule has 0 atom stereocenters. The number of carbonyl (C=O) groups is 2. The molecule has 0 aromatic heterocycles. The van der Waals surface area contributed by atoms with Gasteiger partial charge in [0.1, 0.15) is 13.2 Å². The fraction of sp³-hybridized carbons (Fsp3) is 0.259. The number of hydrogen-bond donors (Lipinski definition) is 1. The number of fused-ring (bicyclic) bond motifs is 1. The van der Waals surface area contributed by atoms with E-state index in [1.54, 1.807) is 35.2 Å². The third-order valence-electron chi connectivity index (χ3n) is 6.15. The van der Waals surface area contributed by atoms with E-state index in [-0.39, 0.29) is 11.9 Å². The van der Waals surface area contributed by atoms with Gasteiger partial charge in [-0.3, -0.25) is 9.69 Å². The summed E-state index contributed by atoms with van der Waals surface area (Å²) in [6.07, 6.45) is 0.866. The lowest BCUT2D eigenvalue weighted by Gasteiger charge is -2.36. The van der Waals surface area contributed by atoms with Crippen LogP contribution in [0.2, 0.25) is 0 Å². The molecule has 2 aliphatic heterocycles. The molecule has 2 heterocycles. The Bertz CT molecular complexity index is 1230. The lowest BCUT2D eigenvalue weighted by Crippen LogP contribution is -2.49. The highest BCUT2D eigenvalue weighted by molar-refractivity contribution is 6.05. The van der Waals surface area contributed by atoms with Crippen LogP contribution in [0.25, 0.3) is 0 Å². The molecule has 0 saturated carbocycles. The van der Waals surface area contributed by atoms with E-state index in [4.69, 9.17) is 9.47 Å². The molecule has 1 N–H and O–H groups in total. The lowest BCUT2D eigenvalue weighted by atomic mass is 10.1. The lowest BCUT2D eigenvalue weighted by molar-refractivity contribution is 0.102. The van der Waals surface area contributed by atoms with Gasteiger partial charge in [-0.25, -0.2) is 4.79 Å². The van der Waals surface area contributed by atoms with Gasteiger partial charge in [0.25, 0.3) is 5.91 Å². The Morgan fingerprint density at radius 1 is 0.941 bits per heavy atom. The van der Waals surface area contributed by atoms with Crippen molar-refractivity contribution >= 4 is 23.3 Å². The Kier molecular flexibility index (Phi) is 6.08. The van der Waals surface area contributed by atoms with Crippen LogP contribution in [0, 0.1) is 6.92 Å². The van der Waals surface area contributed by atoms with Crippen LogP contribution in [0.4, 0.5) is 16.2 Å². The number of urea groups is 1. The molecule has 3 aromatic carbocycles. The number of nitrogens with one attached hydrogen (secondary N) is 1. The number of carbonyl (C=O) groups excluding carboxylic acids is 2. The van der Waals surface area contributed by atoms with E-state index in [1.807, 2.05) is 29.2 Å². The summed E-state index contributed by atoms with van der Waals surface area (Å²) in [5.74, 6) is 1.04. The molecule has 1 saturated heterocycles. The van der Waals surface area contributed by atoms with Gasteiger partial charge in [0.2, 0.25) is 0 Å². The maximum absolute atomic E-state index is 13.3. The second-order valence-corrected chi connectivity index (χ2v) is 8.50. The van der Waals surface area contributed by atoms with Crippen LogP contribution in [0.5, 0.6) is 11.5 Å². The highest BCUT2D eigenvalue weighted by Gasteiger charge is 2.27. The van der Waals surface area contributed by atoms with E-state index in [1.165, 1.54) is 5.56 Å². The highest BCUT2D eigenvalue weighted by Crippen LogP contribution is 2.33. The van der Waals surface area contributed by atoms with Gasteiger partial charge in [0, 0.05) is 42.6 Å². The van der Waals surface area contributed by atoms with Gasteiger partial charge >= 0.3 is 6.03 Å². The second-order valence-electron chi connectivity index (χ2n) is 8.50. The molecule has 0 unspecified atom stereocenters. The molecular weight excluding hydrogens is 430 g/mol. The summed E-state index contributed by atoms with van der Waals surface area (Å²) in [7, 11) is 0.